The number of likely N-dealkylation sites (N-methyl/N-ethyl adjacent to an activating group) is 1. The summed E-state index contributed by atoms with van der Waals surface area (Å²) in [4.78, 5) is 37.9. The molecule has 3 rings (SSSR count). The van der Waals surface area contributed by atoms with Crippen molar-refractivity contribution in [2.75, 3.05) is 18.4 Å². The molecular formula is C21H22FN3O3. The predicted molar refractivity (Wildman–Crippen MR) is 103 cm³/mol. The number of amides is 3. The van der Waals surface area contributed by atoms with Gasteiger partial charge in [0.1, 0.15) is 5.82 Å². The van der Waals surface area contributed by atoms with E-state index in [0.29, 0.717) is 24.9 Å². The Balaban J connectivity index is 1.60. The van der Waals surface area contributed by atoms with Crippen LogP contribution in [0.2, 0.25) is 0 Å². The van der Waals surface area contributed by atoms with E-state index in [0.717, 1.165) is 16.8 Å². The van der Waals surface area contributed by atoms with E-state index in [4.69, 9.17) is 0 Å². The second-order valence-corrected chi connectivity index (χ2v) is 6.64. The summed E-state index contributed by atoms with van der Waals surface area (Å²) in [6.07, 6.45) is 0.987. The molecule has 7 heteroatoms. The van der Waals surface area contributed by atoms with Gasteiger partial charge >= 0.3 is 0 Å². The maximum absolute atomic E-state index is 12.9. The molecule has 0 radical (unpaired) electrons. The quantitative estimate of drug-likeness (QED) is 0.805. The highest BCUT2D eigenvalue weighted by molar-refractivity contribution is 5.99. The van der Waals surface area contributed by atoms with E-state index in [-0.39, 0.29) is 36.6 Å². The van der Waals surface area contributed by atoms with Gasteiger partial charge in [-0.05, 0) is 54.8 Å². The third kappa shape index (κ3) is 4.73. The highest BCUT2D eigenvalue weighted by atomic mass is 19.1. The molecule has 2 aromatic rings. The Morgan fingerprint density at radius 3 is 2.61 bits per heavy atom. The molecule has 6 nitrogen and oxygen atoms in total. The number of aryl methyl sites for hydroxylation is 1. The fourth-order valence-corrected chi connectivity index (χ4v) is 3.06. The Kier molecular flexibility index (Phi) is 6.03. The van der Waals surface area contributed by atoms with Crippen LogP contribution in [0.25, 0.3) is 0 Å². The number of halogens is 1. The molecule has 1 aliphatic rings. The molecule has 2 N–H and O–H groups in total. The number of nitrogens with one attached hydrogen (secondary N) is 2. The summed E-state index contributed by atoms with van der Waals surface area (Å²) in [5.41, 5.74) is 2.92. The number of nitrogens with zero attached hydrogens (tertiary/aromatic N) is 1. The summed E-state index contributed by atoms with van der Waals surface area (Å²) in [6, 6.07) is 11.0. The monoisotopic (exact) mass is 383 g/mol. The van der Waals surface area contributed by atoms with Crippen molar-refractivity contribution in [3.05, 3.63) is 65.0 Å². The molecule has 0 saturated carbocycles. The van der Waals surface area contributed by atoms with E-state index in [2.05, 4.69) is 10.6 Å². The first kappa shape index (κ1) is 19.5. The van der Waals surface area contributed by atoms with Gasteiger partial charge in [-0.15, -0.1) is 0 Å². The van der Waals surface area contributed by atoms with E-state index < -0.39 is 0 Å². The van der Waals surface area contributed by atoms with Crippen LogP contribution >= 0.6 is 0 Å². The van der Waals surface area contributed by atoms with Crippen LogP contribution in [0.5, 0.6) is 0 Å². The smallest absolute Gasteiger partial charge is 0.254 e. The summed E-state index contributed by atoms with van der Waals surface area (Å²) >= 11 is 0. The average Bonchev–Trinajstić information content (AvgIpc) is 2.70. The first-order valence-electron chi connectivity index (χ1n) is 9.19. The Morgan fingerprint density at radius 2 is 1.89 bits per heavy atom. The highest BCUT2D eigenvalue weighted by Crippen LogP contribution is 2.24. The third-order valence-electron chi connectivity index (χ3n) is 4.65. The molecule has 0 bridgehead atoms. The highest BCUT2D eigenvalue weighted by Gasteiger charge is 2.20. The Hall–Kier alpha value is -3.22. The second kappa shape index (κ2) is 8.65. The number of anilines is 1. The lowest BCUT2D eigenvalue weighted by molar-refractivity contribution is -0.122. The van der Waals surface area contributed by atoms with Crippen LogP contribution in [-0.2, 0) is 22.6 Å². The number of carbonyl (C=O) groups is 3. The fourth-order valence-electron chi connectivity index (χ4n) is 3.06. The van der Waals surface area contributed by atoms with Gasteiger partial charge in [0.25, 0.3) is 5.91 Å². The number of fused-ring (bicyclic) bond motifs is 1. The van der Waals surface area contributed by atoms with Gasteiger partial charge in [0.15, 0.2) is 0 Å². The van der Waals surface area contributed by atoms with E-state index in [1.165, 1.54) is 17.0 Å². The van der Waals surface area contributed by atoms with Crippen LogP contribution < -0.4 is 10.6 Å². The summed E-state index contributed by atoms with van der Waals surface area (Å²) < 4.78 is 12.9. The van der Waals surface area contributed by atoms with E-state index >= 15 is 0 Å². The van der Waals surface area contributed by atoms with Crippen molar-refractivity contribution in [2.45, 2.75) is 26.3 Å². The second-order valence-electron chi connectivity index (χ2n) is 6.64. The van der Waals surface area contributed by atoms with Crippen molar-refractivity contribution < 1.29 is 18.8 Å². The van der Waals surface area contributed by atoms with Gasteiger partial charge < -0.3 is 15.5 Å². The fraction of sp³-hybridized carbons (Fsp3) is 0.286. The molecule has 2 aromatic carbocycles. The SMILES string of the molecule is CCN(CC(=O)NCc1ccc(F)cc1)C(=O)c1ccc2c(c1)CCC(=O)N2. The van der Waals surface area contributed by atoms with E-state index in [1.54, 1.807) is 30.3 Å². The first-order chi connectivity index (χ1) is 13.5. The number of hydrogen-bond donors (Lipinski definition) is 2. The molecule has 1 heterocycles. The van der Waals surface area contributed by atoms with Crippen LogP contribution in [0.15, 0.2) is 42.5 Å². The van der Waals surface area contributed by atoms with Crippen molar-refractivity contribution in [3.8, 4) is 0 Å². The maximum atomic E-state index is 12.9. The van der Waals surface area contributed by atoms with Crippen LogP contribution in [0.3, 0.4) is 0 Å². The largest absolute Gasteiger partial charge is 0.350 e. The lowest BCUT2D eigenvalue weighted by atomic mass is 10.00. The summed E-state index contributed by atoms with van der Waals surface area (Å²) in [7, 11) is 0. The Labute approximate surface area is 162 Å². The van der Waals surface area contributed by atoms with Gasteiger partial charge in [-0.1, -0.05) is 12.1 Å². The predicted octanol–water partition coefficient (Wildman–Crippen LogP) is 2.49. The minimum Gasteiger partial charge on any atom is -0.350 e. The normalized spacial score (nSPS) is 12.7. The van der Waals surface area contributed by atoms with Gasteiger partial charge in [0, 0.05) is 30.8 Å². The molecule has 0 saturated heterocycles. The van der Waals surface area contributed by atoms with E-state index in [1.807, 2.05) is 6.92 Å². The molecule has 0 fully saturated rings. The molecule has 3 amide bonds. The van der Waals surface area contributed by atoms with Crippen LogP contribution in [0, 0.1) is 5.82 Å². The Morgan fingerprint density at radius 1 is 1.14 bits per heavy atom. The number of rotatable bonds is 6. The summed E-state index contributed by atoms with van der Waals surface area (Å²) in [5.74, 6) is -0.883. The van der Waals surface area contributed by atoms with Gasteiger partial charge in [-0.2, -0.15) is 0 Å². The van der Waals surface area contributed by atoms with Crippen molar-refractivity contribution >= 4 is 23.4 Å². The molecule has 0 spiro atoms. The number of carbonyl (C=O) groups excluding carboxylic acids is 3. The first-order valence-corrected chi connectivity index (χ1v) is 9.19. The van der Waals surface area contributed by atoms with Crippen molar-refractivity contribution in [3.63, 3.8) is 0 Å². The molecular weight excluding hydrogens is 361 g/mol. The number of hydrogen-bond acceptors (Lipinski definition) is 3. The van der Waals surface area contributed by atoms with E-state index in [9.17, 15) is 18.8 Å². The molecule has 28 heavy (non-hydrogen) atoms. The number of benzene rings is 2. The molecule has 0 aliphatic carbocycles. The topological polar surface area (TPSA) is 78.5 Å². The lowest BCUT2D eigenvalue weighted by Gasteiger charge is -2.22. The van der Waals surface area contributed by atoms with Crippen molar-refractivity contribution in [1.29, 1.82) is 0 Å². The molecule has 0 aromatic heterocycles. The molecule has 146 valence electrons. The zero-order chi connectivity index (χ0) is 20.1. The van der Waals surface area contributed by atoms with Crippen LogP contribution in [-0.4, -0.2) is 35.7 Å². The van der Waals surface area contributed by atoms with Gasteiger partial charge in [-0.25, -0.2) is 4.39 Å². The standard InChI is InChI=1S/C21H22FN3O3/c1-2-25(13-20(27)23-12-14-3-7-17(22)8-4-14)21(28)16-5-9-18-15(11-16)6-10-19(26)24-18/h3-5,7-9,11H,2,6,10,12-13H2,1H3,(H,23,27)(H,24,26). The minimum absolute atomic E-state index is 0.0282. The average molecular weight is 383 g/mol. The summed E-state index contributed by atoms with van der Waals surface area (Å²) in [6.45, 7) is 2.40. The maximum Gasteiger partial charge on any atom is 0.254 e. The van der Waals surface area contributed by atoms with Gasteiger partial charge in [0.05, 0.1) is 6.54 Å². The van der Waals surface area contributed by atoms with Gasteiger partial charge in [0.2, 0.25) is 11.8 Å². The third-order valence-corrected chi connectivity index (χ3v) is 4.65. The summed E-state index contributed by atoms with van der Waals surface area (Å²) in [5, 5.41) is 5.53. The molecule has 0 atom stereocenters. The van der Waals surface area contributed by atoms with Crippen LogP contribution in [0.1, 0.15) is 34.8 Å². The zero-order valence-corrected chi connectivity index (χ0v) is 15.6. The molecule has 0 unspecified atom stereocenters. The Bertz CT molecular complexity index is 896. The minimum atomic E-state index is -0.331. The lowest BCUT2D eigenvalue weighted by Crippen LogP contribution is -2.40. The van der Waals surface area contributed by atoms with Crippen molar-refractivity contribution in [1.82, 2.24) is 10.2 Å². The van der Waals surface area contributed by atoms with Crippen molar-refractivity contribution in [2.24, 2.45) is 0 Å². The molecule has 1 aliphatic heterocycles. The van der Waals surface area contributed by atoms with Crippen LogP contribution in [0.4, 0.5) is 10.1 Å². The van der Waals surface area contributed by atoms with Gasteiger partial charge in [-0.3, -0.25) is 14.4 Å². The zero-order valence-electron chi connectivity index (χ0n) is 15.6.